The molecule has 0 radical (unpaired) electrons. The van der Waals surface area contributed by atoms with Crippen molar-refractivity contribution >= 4 is 11.7 Å². The Labute approximate surface area is 87.5 Å². The number of nitrogens with two attached hydrogens (primary N) is 1. The molecule has 15 heavy (non-hydrogen) atoms. The lowest BCUT2D eigenvalue weighted by Crippen LogP contribution is -2.15. The van der Waals surface area contributed by atoms with Gasteiger partial charge in [0.15, 0.2) is 5.69 Å². The van der Waals surface area contributed by atoms with E-state index in [0.717, 1.165) is 0 Å². The molecule has 82 valence electrons. The highest BCUT2D eigenvalue weighted by molar-refractivity contribution is 5.90. The molecule has 1 rings (SSSR count). The molecule has 1 unspecified atom stereocenters. The molecule has 0 aliphatic heterocycles. The van der Waals surface area contributed by atoms with Gasteiger partial charge in [-0.3, -0.25) is 4.79 Å². The van der Waals surface area contributed by atoms with Gasteiger partial charge in [-0.1, -0.05) is 0 Å². The predicted molar refractivity (Wildman–Crippen MR) is 55.3 cm³/mol. The van der Waals surface area contributed by atoms with E-state index < -0.39 is 5.91 Å². The first-order chi connectivity index (χ1) is 7.09. The Kier molecular flexibility index (Phi) is 3.99. The summed E-state index contributed by atoms with van der Waals surface area (Å²) in [6, 6.07) is 3.12. The maximum absolute atomic E-state index is 10.7. The molecule has 1 atom stereocenters. The molecule has 0 fully saturated rings. The summed E-state index contributed by atoms with van der Waals surface area (Å²) in [5.74, 6) is -0.0429. The topological polar surface area (TPSA) is 101 Å². The summed E-state index contributed by atoms with van der Waals surface area (Å²) >= 11 is 0. The molecule has 1 amide bonds. The molecule has 0 aliphatic carbocycles. The van der Waals surface area contributed by atoms with Crippen molar-refractivity contribution in [3.63, 3.8) is 0 Å². The minimum Gasteiger partial charge on any atom is -0.393 e. The molecule has 0 bridgehead atoms. The number of anilines is 1. The van der Waals surface area contributed by atoms with Crippen LogP contribution in [0.1, 0.15) is 23.8 Å². The van der Waals surface area contributed by atoms with E-state index in [1.807, 2.05) is 0 Å². The highest BCUT2D eigenvalue weighted by atomic mass is 16.3. The van der Waals surface area contributed by atoms with Crippen LogP contribution in [0.2, 0.25) is 0 Å². The van der Waals surface area contributed by atoms with Gasteiger partial charge in [-0.05, 0) is 25.5 Å². The number of aliphatic hydroxyl groups is 1. The SMILES string of the molecule is CC(O)CCNc1ccc(C(N)=O)nn1. The van der Waals surface area contributed by atoms with Gasteiger partial charge in [0.05, 0.1) is 6.10 Å². The van der Waals surface area contributed by atoms with E-state index in [1.54, 1.807) is 13.0 Å². The van der Waals surface area contributed by atoms with Crippen LogP contribution in [0.25, 0.3) is 0 Å². The smallest absolute Gasteiger partial charge is 0.269 e. The molecule has 6 nitrogen and oxygen atoms in total. The van der Waals surface area contributed by atoms with Gasteiger partial charge in [-0.15, -0.1) is 10.2 Å². The van der Waals surface area contributed by atoms with Crippen molar-refractivity contribution in [2.24, 2.45) is 5.73 Å². The number of aliphatic hydroxyl groups excluding tert-OH is 1. The summed E-state index contributed by atoms with van der Waals surface area (Å²) < 4.78 is 0. The average molecular weight is 210 g/mol. The number of hydrogen-bond acceptors (Lipinski definition) is 5. The summed E-state index contributed by atoms with van der Waals surface area (Å²) in [6.07, 6.45) is 0.273. The zero-order valence-corrected chi connectivity index (χ0v) is 8.47. The van der Waals surface area contributed by atoms with Gasteiger partial charge in [0.25, 0.3) is 5.91 Å². The highest BCUT2D eigenvalue weighted by Gasteiger charge is 2.02. The van der Waals surface area contributed by atoms with Crippen LogP contribution < -0.4 is 11.1 Å². The largest absolute Gasteiger partial charge is 0.393 e. The van der Waals surface area contributed by atoms with E-state index in [0.29, 0.717) is 18.8 Å². The quantitative estimate of drug-likeness (QED) is 0.622. The minimum atomic E-state index is -0.599. The Bertz CT molecular complexity index is 323. The minimum absolute atomic E-state index is 0.135. The number of rotatable bonds is 5. The van der Waals surface area contributed by atoms with Crippen LogP contribution in [0.15, 0.2) is 12.1 Å². The third-order valence-electron chi connectivity index (χ3n) is 1.79. The Morgan fingerprint density at radius 1 is 1.60 bits per heavy atom. The van der Waals surface area contributed by atoms with Gasteiger partial charge >= 0.3 is 0 Å². The summed E-state index contributed by atoms with van der Waals surface area (Å²) in [5, 5.41) is 19.3. The van der Waals surface area contributed by atoms with E-state index in [9.17, 15) is 4.79 Å². The second-order valence-electron chi connectivity index (χ2n) is 3.23. The van der Waals surface area contributed by atoms with Crippen LogP contribution in [0.3, 0.4) is 0 Å². The fourth-order valence-electron chi connectivity index (χ4n) is 0.967. The van der Waals surface area contributed by atoms with Crippen molar-refractivity contribution in [2.75, 3.05) is 11.9 Å². The van der Waals surface area contributed by atoms with Crippen LogP contribution in [-0.4, -0.2) is 33.9 Å². The summed E-state index contributed by atoms with van der Waals surface area (Å²) in [6.45, 7) is 2.31. The van der Waals surface area contributed by atoms with Crippen LogP contribution in [0, 0.1) is 0 Å². The number of nitrogens with one attached hydrogen (secondary N) is 1. The third-order valence-corrected chi connectivity index (χ3v) is 1.79. The normalized spacial score (nSPS) is 12.1. The monoisotopic (exact) mass is 210 g/mol. The molecular weight excluding hydrogens is 196 g/mol. The Morgan fingerprint density at radius 3 is 2.80 bits per heavy atom. The Morgan fingerprint density at radius 2 is 2.33 bits per heavy atom. The number of aromatic nitrogens is 2. The molecule has 6 heteroatoms. The van der Waals surface area contributed by atoms with E-state index in [1.165, 1.54) is 6.07 Å². The maximum Gasteiger partial charge on any atom is 0.269 e. The van der Waals surface area contributed by atoms with Crippen LogP contribution >= 0.6 is 0 Å². The standard InChI is InChI=1S/C9H14N4O2/c1-6(14)4-5-11-8-3-2-7(9(10)15)12-13-8/h2-3,6,14H,4-5H2,1H3,(H2,10,15)(H,11,13). The first-order valence-corrected chi connectivity index (χ1v) is 4.65. The fraction of sp³-hybridized carbons (Fsp3) is 0.444. The molecule has 1 heterocycles. The lowest BCUT2D eigenvalue weighted by atomic mass is 10.3. The van der Waals surface area contributed by atoms with Gasteiger partial charge in [-0.2, -0.15) is 0 Å². The summed E-state index contributed by atoms with van der Waals surface area (Å²) in [7, 11) is 0. The van der Waals surface area contributed by atoms with Gasteiger partial charge in [0.1, 0.15) is 5.82 Å². The molecule has 1 aromatic rings. The van der Waals surface area contributed by atoms with Crippen LogP contribution in [0.4, 0.5) is 5.82 Å². The summed E-state index contributed by atoms with van der Waals surface area (Å²) in [5.41, 5.74) is 5.14. The first kappa shape index (κ1) is 11.4. The number of primary amides is 1. The van der Waals surface area contributed by atoms with E-state index in [2.05, 4.69) is 15.5 Å². The van der Waals surface area contributed by atoms with Crippen LogP contribution in [-0.2, 0) is 0 Å². The third kappa shape index (κ3) is 3.90. The zero-order valence-electron chi connectivity index (χ0n) is 8.47. The van der Waals surface area contributed by atoms with Crippen molar-refractivity contribution in [3.8, 4) is 0 Å². The van der Waals surface area contributed by atoms with Crippen molar-refractivity contribution in [3.05, 3.63) is 17.8 Å². The van der Waals surface area contributed by atoms with Crippen molar-refractivity contribution < 1.29 is 9.90 Å². The second kappa shape index (κ2) is 5.26. The molecule has 0 aliphatic rings. The second-order valence-corrected chi connectivity index (χ2v) is 3.23. The molecule has 1 aromatic heterocycles. The van der Waals surface area contributed by atoms with E-state index >= 15 is 0 Å². The number of hydrogen-bond donors (Lipinski definition) is 3. The van der Waals surface area contributed by atoms with Gasteiger partial charge < -0.3 is 16.2 Å². The first-order valence-electron chi connectivity index (χ1n) is 4.65. The van der Waals surface area contributed by atoms with Gasteiger partial charge in [-0.25, -0.2) is 0 Å². The number of amides is 1. The summed E-state index contributed by atoms with van der Waals surface area (Å²) in [4.78, 5) is 10.7. The highest BCUT2D eigenvalue weighted by Crippen LogP contribution is 2.01. The molecule has 0 aromatic carbocycles. The van der Waals surface area contributed by atoms with Gasteiger partial charge in [0, 0.05) is 6.54 Å². The molecule has 4 N–H and O–H groups in total. The number of nitrogens with zero attached hydrogens (tertiary/aromatic N) is 2. The lowest BCUT2D eigenvalue weighted by molar-refractivity contribution is 0.0994. The average Bonchev–Trinajstić information content (AvgIpc) is 2.18. The maximum atomic E-state index is 10.7. The van der Waals surface area contributed by atoms with Gasteiger partial charge in [0.2, 0.25) is 0 Å². The number of carbonyl (C=O) groups is 1. The molecular formula is C9H14N4O2. The fourth-order valence-corrected chi connectivity index (χ4v) is 0.967. The molecule has 0 spiro atoms. The Balaban J connectivity index is 2.46. The van der Waals surface area contributed by atoms with Crippen molar-refractivity contribution in [1.82, 2.24) is 10.2 Å². The van der Waals surface area contributed by atoms with E-state index in [4.69, 9.17) is 10.8 Å². The van der Waals surface area contributed by atoms with Crippen LogP contribution in [0.5, 0.6) is 0 Å². The molecule has 0 saturated heterocycles. The van der Waals surface area contributed by atoms with Crippen molar-refractivity contribution in [1.29, 1.82) is 0 Å². The molecule has 0 saturated carbocycles. The van der Waals surface area contributed by atoms with E-state index in [-0.39, 0.29) is 11.8 Å². The lowest BCUT2D eigenvalue weighted by Gasteiger charge is -2.06. The zero-order chi connectivity index (χ0) is 11.3. The van der Waals surface area contributed by atoms with Crippen molar-refractivity contribution in [2.45, 2.75) is 19.4 Å². The number of carbonyl (C=O) groups excluding carboxylic acids is 1. The Hall–Kier alpha value is -1.69. The predicted octanol–water partition coefficient (Wildman–Crippen LogP) is -0.242.